The molecule has 0 radical (unpaired) electrons. The zero-order valence-electron chi connectivity index (χ0n) is 10.7. The first-order valence-corrected chi connectivity index (χ1v) is 5.93. The fraction of sp³-hybridized carbons (Fsp3) is 0.333. The predicted octanol–water partition coefficient (Wildman–Crippen LogP) is 3.45. The second-order valence-electron chi connectivity index (χ2n) is 4.70. The van der Waals surface area contributed by atoms with Crippen LogP contribution in [0.4, 0.5) is 0 Å². The molecule has 1 atom stereocenters. The summed E-state index contributed by atoms with van der Waals surface area (Å²) >= 11 is 0. The molecular weight excluding hydrogens is 210 g/mol. The Labute approximate surface area is 102 Å². The van der Waals surface area contributed by atoms with Gasteiger partial charge in [-0.3, -0.25) is 0 Å². The quantitative estimate of drug-likeness (QED) is 0.875. The maximum absolute atomic E-state index is 6.28. The van der Waals surface area contributed by atoms with Crippen molar-refractivity contribution in [2.75, 3.05) is 0 Å². The van der Waals surface area contributed by atoms with E-state index in [0.29, 0.717) is 0 Å². The highest BCUT2D eigenvalue weighted by Gasteiger charge is 2.14. The molecule has 0 amide bonds. The van der Waals surface area contributed by atoms with Crippen LogP contribution >= 0.6 is 0 Å². The molecule has 0 saturated heterocycles. The molecule has 2 heteroatoms. The Kier molecular flexibility index (Phi) is 3.34. The number of aryl methyl sites for hydroxylation is 3. The van der Waals surface area contributed by atoms with Crippen molar-refractivity contribution in [1.29, 1.82) is 0 Å². The lowest BCUT2D eigenvalue weighted by Gasteiger charge is -2.17. The van der Waals surface area contributed by atoms with E-state index < -0.39 is 0 Å². The van der Waals surface area contributed by atoms with Crippen molar-refractivity contribution in [3.63, 3.8) is 0 Å². The Bertz CT molecular complexity index is 477. The Morgan fingerprint density at radius 2 is 1.82 bits per heavy atom. The molecule has 2 nitrogen and oxygen atoms in total. The number of benzene rings is 1. The topological polar surface area (TPSA) is 39.2 Å². The van der Waals surface area contributed by atoms with Crippen LogP contribution in [-0.2, 0) is 6.42 Å². The van der Waals surface area contributed by atoms with Crippen molar-refractivity contribution in [3.05, 3.63) is 58.5 Å². The summed E-state index contributed by atoms with van der Waals surface area (Å²) in [5.41, 5.74) is 11.3. The Morgan fingerprint density at radius 1 is 1.18 bits per heavy atom. The number of rotatable bonds is 3. The van der Waals surface area contributed by atoms with Crippen LogP contribution in [0.3, 0.4) is 0 Å². The fourth-order valence-corrected chi connectivity index (χ4v) is 2.52. The standard InChI is InChI=1S/C15H19NO/c1-10-7-11(2)15(12(3)8-10)14(16)9-13-5-4-6-17-13/h4-8,14H,9,16H2,1-3H3. The van der Waals surface area contributed by atoms with Crippen LogP contribution in [0.1, 0.15) is 34.1 Å². The third kappa shape index (κ3) is 2.59. The molecule has 1 heterocycles. The van der Waals surface area contributed by atoms with Crippen LogP contribution in [0.15, 0.2) is 34.9 Å². The fourth-order valence-electron chi connectivity index (χ4n) is 2.52. The zero-order valence-corrected chi connectivity index (χ0v) is 10.7. The molecule has 17 heavy (non-hydrogen) atoms. The van der Waals surface area contributed by atoms with E-state index >= 15 is 0 Å². The lowest BCUT2D eigenvalue weighted by atomic mass is 9.92. The molecule has 0 aliphatic carbocycles. The molecule has 1 aromatic heterocycles. The van der Waals surface area contributed by atoms with Gasteiger partial charge < -0.3 is 10.2 Å². The van der Waals surface area contributed by atoms with E-state index in [1.807, 2.05) is 12.1 Å². The second kappa shape index (κ2) is 4.76. The predicted molar refractivity (Wildman–Crippen MR) is 70.0 cm³/mol. The molecule has 2 aromatic rings. The first kappa shape index (κ1) is 11.9. The third-order valence-corrected chi connectivity index (χ3v) is 3.11. The van der Waals surface area contributed by atoms with Crippen LogP contribution in [0.2, 0.25) is 0 Å². The largest absolute Gasteiger partial charge is 0.469 e. The van der Waals surface area contributed by atoms with Crippen LogP contribution in [0.5, 0.6) is 0 Å². The van der Waals surface area contributed by atoms with Gasteiger partial charge in [-0.05, 0) is 49.6 Å². The molecule has 0 bridgehead atoms. The van der Waals surface area contributed by atoms with Crippen molar-refractivity contribution >= 4 is 0 Å². The van der Waals surface area contributed by atoms with Crippen molar-refractivity contribution in [1.82, 2.24) is 0 Å². The van der Waals surface area contributed by atoms with E-state index in [4.69, 9.17) is 10.2 Å². The normalized spacial score (nSPS) is 12.7. The maximum Gasteiger partial charge on any atom is 0.105 e. The van der Waals surface area contributed by atoms with Gasteiger partial charge in [-0.15, -0.1) is 0 Å². The van der Waals surface area contributed by atoms with Gasteiger partial charge in [-0.1, -0.05) is 17.7 Å². The molecule has 0 spiro atoms. The Morgan fingerprint density at radius 3 is 2.35 bits per heavy atom. The molecule has 2 rings (SSSR count). The van der Waals surface area contributed by atoms with E-state index in [9.17, 15) is 0 Å². The number of furan rings is 1. The number of hydrogen-bond donors (Lipinski definition) is 1. The SMILES string of the molecule is Cc1cc(C)c(C(N)Cc2ccco2)c(C)c1. The summed E-state index contributed by atoms with van der Waals surface area (Å²) in [6, 6.07) is 8.24. The highest BCUT2D eigenvalue weighted by atomic mass is 16.3. The van der Waals surface area contributed by atoms with Gasteiger partial charge in [0, 0.05) is 12.5 Å². The van der Waals surface area contributed by atoms with Crippen LogP contribution in [0.25, 0.3) is 0 Å². The van der Waals surface area contributed by atoms with Gasteiger partial charge in [0.15, 0.2) is 0 Å². The van der Waals surface area contributed by atoms with Gasteiger partial charge in [0.05, 0.1) is 6.26 Å². The molecule has 0 aliphatic rings. The van der Waals surface area contributed by atoms with E-state index in [0.717, 1.165) is 12.2 Å². The summed E-state index contributed by atoms with van der Waals surface area (Å²) in [5.74, 6) is 0.942. The molecule has 2 N–H and O–H groups in total. The minimum absolute atomic E-state index is 0.00162. The first-order chi connectivity index (χ1) is 8.08. The minimum atomic E-state index is 0.00162. The molecular formula is C15H19NO. The molecule has 1 aromatic carbocycles. The van der Waals surface area contributed by atoms with Crippen LogP contribution in [0, 0.1) is 20.8 Å². The minimum Gasteiger partial charge on any atom is -0.469 e. The molecule has 0 fully saturated rings. The van der Waals surface area contributed by atoms with E-state index in [2.05, 4.69) is 32.9 Å². The second-order valence-corrected chi connectivity index (χ2v) is 4.70. The van der Waals surface area contributed by atoms with Crippen molar-refractivity contribution in [2.24, 2.45) is 5.73 Å². The summed E-state index contributed by atoms with van der Waals surface area (Å²) in [6.07, 6.45) is 2.44. The smallest absolute Gasteiger partial charge is 0.105 e. The van der Waals surface area contributed by atoms with E-state index in [-0.39, 0.29) is 6.04 Å². The maximum atomic E-state index is 6.28. The zero-order chi connectivity index (χ0) is 12.4. The third-order valence-electron chi connectivity index (χ3n) is 3.11. The molecule has 90 valence electrons. The summed E-state index contributed by atoms with van der Waals surface area (Å²) in [7, 11) is 0. The highest BCUT2D eigenvalue weighted by Crippen LogP contribution is 2.24. The average Bonchev–Trinajstić information content (AvgIpc) is 2.68. The summed E-state index contributed by atoms with van der Waals surface area (Å²) in [5, 5.41) is 0. The van der Waals surface area contributed by atoms with Crippen molar-refractivity contribution < 1.29 is 4.42 Å². The summed E-state index contributed by atoms with van der Waals surface area (Å²) in [4.78, 5) is 0. The van der Waals surface area contributed by atoms with Gasteiger partial charge in [-0.2, -0.15) is 0 Å². The van der Waals surface area contributed by atoms with Gasteiger partial charge in [-0.25, -0.2) is 0 Å². The number of nitrogens with two attached hydrogens (primary N) is 1. The van der Waals surface area contributed by atoms with E-state index in [1.54, 1.807) is 6.26 Å². The molecule has 0 aliphatic heterocycles. The molecule has 0 saturated carbocycles. The van der Waals surface area contributed by atoms with Gasteiger partial charge in [0.2, 0.25) is 0 Å². The number of hydrogen-bond acceptors (Lipinski definition) is 2. The van der Waals surface area contributed by atoms with Crippen molar-refractivity contribution in [2.45, 2.75) is 33.2 Å². The van der Waals surface area contributed by atoms with E-state index in [1.165, 1.54) is 22.3 Å². The lowest BCUT2D eigenvalue weighted by molar-refractivity contribution is 0.487. The summed E-state index contributed by atoms with van der Waals surface area (Å²) < 4.78 is 5.35. The summed E-state index contributed by atoms with van der Waals surface area (Å²) in [6.45, 7) is 6.36. The van der Waals surface area contributed by atoms with Gasteiger partial charge in [0.25, 0.3) is 0 Å². The highest BCUT2D eigenvalue weighted by molar-refractivity contribution is 5.39. The lowest BCUT2D eigenvalue weighted by Crippen LogP contribution is -2.16. The Balaban J connectivity index is 2.27. The molecule has 1 unspecified atom stereocenters. The van der Waals surface area contributed by atoms with Gasteiger partial charge in [0.1, 0.15) is 5.76 Å². The van der Waals surface area contributed by atoms with Crippen molar-refractivity contribution in [3.8, 4) is 0 Å². The van der Waals surface area contributed by atoms with Crippen LogP contribution in [-0.4, -0.2) is 0 Å². The Hall–Kier alpha value is -1.54. The average molecular weight is 229 g/mol. The monoisotopic (exact) mass is 229 g/mol. The first-order valence-electron chi connectivity index (χ1n) is 5.93. The van der Waals surface area contributed by atoms with Crippen LogP contribution < -0.4 is 5.73 Å². The van der Waals surface area contributed by atoms with Gasteiger partial charge >= 0.3 is 0 Å².